The van der Waals surface area contributed by atoms with Crippen LogP contribution in [-0.2, 0) is 4.79 Å². The summed E-state index contributed by atoms with van der Waals surface area (Å²) in [7, 11) is 1.86. The molecule has 1 heterocycles. The maximum Gasteiger partial charge on any atom is 0.319 e. The molecule has 1 aromatic carbocycles. The van der Waals surface area contributed by atoms with Crippen LogP contribution in [0.4, 0.5) is 14.9 Å². The van der Waals surface area contributed by atoms with Crippen LogP contribution in [0.3, 0.4) is 0 Å². The van der Waals surface area contributed by atoms with Crippen molar-refractivity contribution in [1.29, 1.82) is 0 Å². The van der Waals surface area contributed by atoms with Crippen LogP contribution in [0.15, 0.2) is 24.3 Å². The highest BCUT2D eigenvalue weighted by atomic mass is 35.5. The first-order valence-corrected chi connectivity index (χ1v) is 7.84. The van der Waals surface area contributed by atoms with E-state index >= 15 is 0 Å². The molecule has 2 rings (SSSR count). The quantitative estimate of drug-likeness (QED) is 0.681. The summed E-state index contributed by atoms with van der Waals surface area (Å²) in [6, 6.07) is 5.19. The Morgan fingerprint density at radius 2 is 2.00 bits per heavy atom. The van der Waals surface area contributed by atoms with Crippen molar-refractivity contribution in [2.75, 3.05) is 32.0 Å². The third-order valence-electron chi connectivity index (χ3n) is 3.80. The van der Waals surface area contributed by atoms with E-state index in [1.807, 2.05) is 7.05 Å². The molecule has 1 saturated heterocycles. The third kappa shape index (κ3) is 6.33. The second-order valence-electron chi connectivity index (χ2n) is 5.64. The Morgan fingerprint density at radius 3 is 2.67 bits per heavy atom. The third-order valence-corrected chi connectivity index (χ3v) is 3.80. The summed E-state index contributed by atoms with van der Waals surface area (Å²) >= 11 is 0. The van der Waals surface area contributed by atoms with Gasteiger partial charge in [-0.25, -0.2) is 9.18 Å². The lowest BCUT2D eigenvalue weighted by atomic mass is 10.2. The predicted octanol–water partition coefficient (Wildman–Crippen LogP) is 1.97. The second kappa shape index (κ2) is 10.1. The average molecular weight is 359 g/mol. The van der Waals surface area contributed by atoms with E-state index in [4.69, 9.17) is 0 Å². The smallest absolute Gasteiger partial charge is 0.319 e. The van der Waals surface area contributed by atoms with E-state index in [-0.39, 0.29) is 36.2 Å². The van der Waals surface area contributed by atoms with Crippen LogP contribution in [0.2, 0.25) is 0 Å². The predicted molar refractivity (Wildman–Crippen MR) is 93.9 cm³/mol. The van der Waals surface area contributed by atoms with Gasteiger partial charge in [0.25, 0.3) is 0 Å². The summed E-state index contributed by atoms with van der Waals surface area (Å²) in [5.41, 5.74) is 0.530. The first kappa shape index (κ1) is 20.2. The zero-order valence-electron chi connectivity index (χ0n) is 13.7. The summed E-state index contributed by atoms with van der Waals surface area (Å²) in [4.78, 5) is 25.7. The van der Waals surface area contributed by atoms with Gasteiger partial charge in [-0.15, -0.1) is 12.4 Å². The normalized spacial score (nSPS) is 16.4. The number of nitrogens with one attached hydrogen (secondary N) is 3. The Kier molecular flexibility index (Phi) is 8.49. The molecule has 1 aliphatic heterocycles. The van der Waals surface area contributed by atoms with Crippen molar-refractivity contribution < 1.29 is 14.0 Å². The fourth-order valence-electron chi connectivity index (χ4n) is 2.56. The maximum absolute atomic E-state index is 12.8. The highest BCUT2D eigenvalue weighted by Crippen LogP contribution is 2.12. The topological polar surface area (TPSA) is 73.5 Å². The maximum atomic E-state index is 12.8. The molecule has 0 aromatic heterocycles. The number of carbonyl (C=O) groups excluding carboxylic acids is 2. The number of amides is 3. The van der Waals surface area contributed by atoms with Gasteiger partial charge >= 0.3 is 6.03 Å². The average Bonchev–Trinajstić information content (AvgIpc) is 2.98. The van der Waals surface area contributed by atoms with Crippen molar-refractivity contribution in [1.82, 2.24) is 15.5 Å². The zero-order chi connectivity index (χ0) is 16.7. The Labute approximate surface area is 147 Å². The lowest BCUT2D eigenvalue weighted by Crippen LogP contribution is -2.40. The summed E-state index contributed by atoms with van der Waals surface area (Å²) < 4.78 is 12.8. The summed E-state index contributed by atoms with van der Waals surface area (Å²) in [6.07, 6.45) is 2.08. The molecular weight excluding hydrogens is 335 g/mol. The number of hydrogen-bond acceptors (Lipinski definition) is 3. The molecule has 3 amide bonds. The lowest BCUT2D eigenvalue weighted by molar-refractivity contribution is -0.130. The molecule has 1 aromatic rings. The number of nitrogens with zero attached hydrogens (tertiary/aromatic N) is 1. The number of halogens is 2. The molecule has 8 heteroatoms. The van der Waals surface area contributed by atoms with E-state index in [0.29, 0.717) is 25.2 Å². The number of rotatable bonds is 6. The number of carbonyl (C=O) groups is 2. The van der Waals surface area contributed by atoms with Crippen LogP contribution in [0.5, 0.6) is 0 Å². The van der Waals surface area contributed by atoms with E-state index < -0.39 is 0 Å². The fourth-order valence-corrected chi connectivity index (χ4v) is 2.56. The van der Waals surface area contributed by atoms with Crippen molar-refractivity contribution in [2.24, 2.45) is 0 Å². The van der Waals surface area contributed by atoms with Crippen LogP contribution < -0.4 is 16.0 Å². The van der Waals surface area contributed by atoms with Gasteiger partial charge in [0.1, 0.15) is 5.82 Å². The van der Waals surface area contributed by atoms with Gasteiger partial charge in [0, 0.05) is 31.2 Å². The molecular formula is C16H24ClFN4O2. The van der Waals surface area contributed by atoms with E-state index in [0.717, 1.165) is 19.4 Å². The fraction of sp³-hybridized carbons (Fsp3) is 0.500. The van der Waals surface area contributed by atoms with Crippen LogP contribution in [0.1, 0.15) is 19.3 Å². The number of anilines is 1. The van der Waals surface area contributed by atoms with Gasteiger partial charge in [-0.1, -0.05) is 0 Å². The highest BCUT2D eigenvalue weighted by molar-refractivity contribution is 5.89. The minimum Gasteiger partial charge on any atom is -0.341 e. The molecule has 134 valence electrons. The number of likely N-dealkylation sites (tertiary alicyclic amines) is 1. The standard InChI is InChI=1S/C16H23FN4O2.ClH/c1-18-9-2-3-15(22)21-10-8-14(11-21)20-16(23)19-13-6-4-12(17)5-7-13;/h4-7,14,18H,2-3,8-11H2,1H3,(H2,19,20,23);1H. The van der Waals surface area contributed by atoms with Crippen molar-refractivity contribution in [3.05, 3.63) is 30.1 Å². The molecule has 1 unspecified atom stereocenters. The monoisotopic (exact) mass is 358 g/mol. The molecule has 1 aliphatic rings. The molecule has 24 heavy (non-hydrogen) atoms. The summed E-state index contributed by atoms with van der Waals surface area (Å²) in [5, 5.41) is 8.51. The number of urea groups is 1. The molecule has 0 aliphatic carbocycles. The molecule has 3 N–H and O–H groups in total. The van der Waals surface area contributed by atoms with Gasteiger partial charge in [-0.3, -0.25) is 4.79 Å². The van der Waals surface area contributed by atoms with Gasteiger partial charge in [0.2, 0.25) is 5.91 Å². The number of benzene rings is 1. The Morgan fingerprint density at radius 1 is 1.29 bits per heavy atom. The van der Waals surface area contributed by atoms with Gasteiger partial charge in [-0.05, 0) is 50.7 Å². The van der Waals surface area contributed by atoms with Gasteiger partial charge in [-0.2, -0.15) is 0 Å². The molecule has 1 fully saturated rings. The largest absolute Gasteiger partial charge is 0.341 e. The molecule has 1 atom stereocenters. The first-order chi connectivity index (χ1) is 11.1. The van der Waals surface area contributed by atoms with E-state index in [1.54, 1.807) is 4.90 Å². The molecule has 0 spiro atoms. The lowest BCUT2D eigenvalue weighted by Gasteiger charge is -2.17. The minimum atomic E-state index is -0.348. The van der Waals surface area contributed by atoms with Crippen LogP contribution in [0, 0.1) is 5.82 Å². The van der Waals surface area contributed by atoms with Crippen LogP contribution in [0.25, 0.3) is 0 Å². The highest BCUT2D eigenvalue weighted by Gasteiger charge is 2.26. The van der Waals surface area contributed by atoms with Crippen molar-refractivity contribution in [2.45, 2.75) is 25.3 Å². The van der Waals surface area contributed by atoms with Gasteiger partial charge < -0.3 is 20.9 Å². The summed E-state index contributed by atoms with van der Waals surface area (Å²) in [5.74, 6) is -0.220. The Hall–Kier alpha value is -1.86. The zero-order valence-corrected chi connectivity index (χ0v) is 14.5. The van der Waals surface area contributed by atoms with Gasteiger partial charge in [0.05, 0.1) is 0 Å². The molecule has 6 nitrogen and oxygen atoms in total. The van der Waals surface area contributed by atoms with Crippen molar-refractivity contribution in [3.8, 4) is 0 Å². The van der Waals surface area contributed by atoms with E-state index in [2.05, 4.69) is 16.0 Å². The SMILES string of the molecule is CNCCCC(=O)N1CCC(NC(=O)Nc2ccc(F)cc2)C1.Cl. The minimum absolute atomic E-state index is 0. The van der Waals surface area contributed by atoms with E-state index in [9.17, 15) is 14.0 Å². The second-order valence-corrected chi connectivity index (χ2v) is 5.64. The van der Waals surface area contributed by atoms with Gasteiger partial charge in [0.15, 0.2) is 0 Å². The Bertz CT molecular complexity index is 541. The molecule has 0 saturated carbocycles. The molecule has 0 radical (unpaired) electrons. The van der Waals surface area contributed by atoms with Crippen LogP contribution in [-0.4, -0.2) is 49.6 Å². The van der Waals surface area contributed by atoms with E-state index in [1.165, 1.54) is 24.3 Å². The van der Waals surface area contributed by atoms with Crippen molar-refractivity contribution in [3.63, 3.8) is 0 Å². The molecule has 0 bridgehead atoms. The van der Waals surface area contributed by atoms with Crippen LogP contribution >= 0.6 is 12.4 Å². The summed E-state index contributed by atoms with van der Waals surface area (Å²) in [6.45, 7) is 2.02. The first-order valence-electron chi connectivity index (χ1n) is 7.84. The Balaban J connectivity index is 0.00000288. The number of hydrogen-bond donors (Lipinski definition) is 3. The van der Waals surface area contributed by atoms with Crippen molar-refractivity contribution >= 4 is 30.0 Å².